The van der Waals surface area contributed by atoms with Crippen LogP contribution in [-0.2, 0) is 9.59 Å². The van der Waals surface area contributed by atoms with Crippen molar-refractivity contribution in [1.82, 2.24) is 0 Å². The van der Waals surface area contributed by atoms with Crippen molar-refractivity contribution in [3.05, 3.63) is 0 Å². The van der Waals surface area contributed by atoms with Crippen molar-refractivity contribution in [2.45, 2.75) is 25.8 Å². The number of Topliss-reactive ketones (excluding diaryl/α,β-unsaturated/α-hetero) is 1. The van der Waals surface area contributed by atoms with Gasteiger partial charge in [0.25, 0.3) is 0 Å². The van der Waals surface area contributed by atoms with Crippen LogP contribution in [0.25, 0.3) is 0 Å². The standard InChI is InChI=1S/C6H10BrNO2/c1-4(9)2-3-5(8)6(7)10/h5H,2-3,8H2,1H3/t5-/m0/s1. The summed E-state index contributed by atoms with van der Waals surface area (Å²) < 4.78 is -0.242. The van der Waals surface area contributed by atoms with E-state index in [0.29, 0.717) is 12.8 Å². The fraction of sp³-hybridized carbons (Fsp3) is 0.667. The molecule has 1 atom stereocenters. The van der Waals surface area contributed by atoms with Crippen LogP contribution in [0.4, 0.5) is 0 Å². The second-order valence-corrected chi connectivity index (χ2v) is 2.93. The zero-order valence-electron chi connectivity index (χ0n) is 5.76. The molecule has 3 nitrogen and oxygen atoms in total. The Morgan fingerprint density at radius 3 is 2.40 bits per heavy atom. The van der Waals surface area contributed by atoms with E-state index in [1.165, 1.54) is 6.92 Å². The van der Waals surface area contributed by atoms with Crippen molar-refractivity contribution < 1.29 is 9.59 Å². The van der Waals surface area contributed by atoms with E-state index in [1.807, 2.05) is 0 Å². The average Bonchev–Trinajstić information content (AvgIpc) is 1.82. The van der Waals surface area contributed by atoms with Gasteiger partial charge in [-0.3, -0.25) is 4.79 Å². The molecular formula is C6H10BrNO2. The van der Waals surface area contributed by atoms with Gasteiger partial charge in [0.1, 0.15) is 5.78 Å². The quantitative estimate of drug-likeness (QED) is 0.688. The number of halogens is 1. The third kappa shape index (κ3) is 4.64. The van der Waals surface area contributed by atoms with Crippen molar-refractivity contribution in [2.75, 3.05) is 0 Å². The molecule has 4 heteroatoms. The number of nitrogens with two attached hydrogens (primary N) is 1. The molecule has 0 saturated heterocycles. The fourth-order valence-corrected chi connectivity index (χ4v) is 0.701. The van der Waals surface area contributed by atoms with Crippen LogP contribution in [0.5, 0.6) is 0 Å². The summed E-state index contributed by atoms with van der Waals surface area (Å²) in [5, 5.41) is 0. The average molecular weight is 208 g/mol. The molecule has 0 aliphatic carbocycles. The molecule has 0 radical (unpaired) electrons. The van der Waals surface area contributed by atoms with E-state index >= 15 is 0 Å². The highest BCUT2D eigenvalue weighted by Gasteiger charge is 2.09. The fourth-order valence-electron chi connectivity index (χ4n) is 0.472. The van der Waals surface area contributed by atoms with E-state index in [-0.39, 0.29) is 10.5 Å². The third-order valence-electron chi connectivity index (χ3n) is 1.10. The zero-order chi connectivity index (χ0) is 8.15. The first-order valence-electron chi connectivity index (χ1n) is 2.98. The molecule has 0 aromatic carbocycles. The molecule has 0 spiro atoms. The van der Waals surface area contributed by atoms with Gasteiger partial charge in [-0.1, -0.05) is 0 Å². The summed E-state index contributed by atoms with van der Waals surface area (Å²) >= 11 is 2.71. The van der Waals surface area contributed by atoms with Gasteiger partial charge in [0.15, 0.2) is 0 Å². The summed E-state index contributed by atoms with van der Waals surface area (Å²) in [4.78, 5) is 20.8. The first-order valence-corrected chi connectivity index (χ1v) is 3.77. The van der Waals surface area contributed by atoms with Gasteiger partial charge in [-0.05, 0) is 29.3 Å². The Morgan fingerprint density at radius 2 is 2.10 bits per heavy atom. The Morgan fingerprint density at radius 1 is 1.60 bits per heavy atom. The Hall–Kier alpha value is -0.220. The summed E-state index contributed by atoms with van der Waals surface area (Å²) in [6.45, 7) is 1.48. The molecular weight excluding hydrogens is 198 g/mol. The first-order chi connectivity index (χ1) is 4.54. The maximum absolute atomic E-state index is 10.4. The molecule has 0 unspecified atom stereocenters. The molecule has 0 rings (SSSR count). The van der Waals surface area contributed by atoms with Crippen LogP contribution in [0.1, 0.15) is 19.8 Å². The van der Waals surface area contributed by atoms with Crippen LogP contribution in [0.3, 0.4) is 0 Å². The highest BCUT2D eigenvalue weighted by Crippen LogP contribution is 2.00. The van der Waals surface area contributed by atoms with E-state index in [9.17, 15) is 9.59 Å². The highest BCUT2D eigenvalue weighted by atomic mass is 79.9. The molecule has 10 heavy (non-hydrogen) atoms. The van der Waals surface area contributed by atoms with Crippen molar-refractivity contribution in [3.8, 4) is 0 Å². The topological polar surface area (TPSA) is 60.2 Å². The van der Waals surface area contributed by atoms with Crippen LogP contribution in [-0.4, -0.2) is 16.5 Å². The summed E-state index contributed by atoms with van der Waals surface area (Å²) in [7, 11) is 0. The van der Waals surface area contributed by atoms with E-state index < -0.39 is 6.04 Å². The zero-order valence-corrected chi connectivity index (χ0v) is 7.35. The van der Waals surface area contributed by atoms with E-state index in [0.717, 1.165) is 0 Å². The summed E-state index contributed by atoms with van der Waals surface area (Å²) in [6, 6.07) is -0.538. The molecule has 0 aliphatic heterocycles. The van der Waals surface area contributed by atoms with Gasteiger partial charge in [0.2, 0.25) is 4.69 Å². The lowest BCUT2D eigenvalue weighted by Gasteiger charge is -2.02. The van der Waals surface area contributed by atoms with Gasteiger partial charge in [0, 0.05) is 6.42 Å². The Kier molecular flexibility index (Phi) is 4.47. The third-order valence-corrected chi connectivity index (χ3v) is 1.69. The molecule has 2 N–H and O–H groups in total. The van der Waals surface area contributed by atoms with E-state index in [2.05, 4.69) is 15.9 Å². The van der Waals surface area contributed by atoms with Crippen molar-refractivity contribution in [2.24, 2.45) is 5.73 Å². The number of hydrogen-bond acceptors (Lipinski definition) is 3. The Balaban J connectivity index is 3.49. The molecule has 0 bridgehead atoms. The van der Waals surface area contributed by atoms with Crippen LogP contribution < -0.4 is 5.73 Å². The smallest absolute Gasteiger partial charge is 0.214 e. The normalized spacial score (nSPS) is 12.7. The van der Waals surface area contributed by atoms with Gasteiger partial charge < -0.3 is 10.5 Å². The predicted molar refractivity (Wildman–Crippen MR) is 41.8 cm³/mol. The summed E-state index contributed by atoms with van der Waals surface area (Å²) in [5.41, 5.74) is 5.32. The van der Waals surface area contributed by atoms with Crippen LogP contribution in [0.15, 0.2) is 0 Å². The Bertz CT molecular complexity index is 147. The predicted octanol–water partition coefficient (Wildman–Crippen LogP) is 0.604. The maximum atomic E-state index is 10.4. The molecule has 0 aromatic heterocycles. The van der Waals surface area contributed by atoms with Crippen molar-refractivity contribution in [3.63, 3.8) is 0 Å². The SMILES string of the molecule is CC(=O)CC[C@H](N)C(=O)Br. The summed E-state index contributed by atoms with van der Waals surface area (Å²) in [5.74, 6) is 0.0594. The number of carbonyl (C=O) groups excluding carboxylic acids is 2. The van der Waals surface area contributed by atoms with Gasteiger partial charge in [-0.2, -0.15) is 0 Å². The van der Waals surface area contributed by atoms with Gasteiger partial charge in [0.05, 0.1) is 6.04 Å². The second kappa shape index (κ2) is 4.57. The van der Waals surface area contributed by atoms with Crippen LogP contribution >= 0.6 is 15.9 Å². The van der Waals surface area contributed by atoms with E-state index in [4.69, 9.17) is 5.73 Å². The Labute approximate surface area is 68.1 Å². The first kappa shape index (κ1) is 9.78. The number of ketones is 1. The van der Waals surface area contributed by atoms with Crippen LogP contribution in [0.2, 0.25) is 0 Å². The minimum Gasteiger partial charge on any atom is -0.321 e. The lowest BCUT2D eigenvalue weighted by molar-refractivity contribution is -0.117. The number of carbonyl (C=O) groups is 2. The largest absolute Gasteiger partial charge is 0.321 e. The minimum absolute atomic E-state index is 0.0594. The maximum Gasteiger partial charge on any atom is 0.214 e. The number of hydrogen-bond donors (Lipinski definition) is 1. The molecule has 0 fully saturated rings. The van der Waals surface area contributed by atoms with Gasteiger partial charge in [-0.25, -0.2) is 0 Å². The molecule has 0 aromatic rings. The van der Waals surface area contributed by atoms with Crippen molar-refractivity contribution >= 4 is 26.4 Å². The molecule has 0 heterocycles. The van der Waals surface area contributed by atoms with Gasteiger partial charge in [-0.15, -0.1) is 0 Å². The molecule has 0 saturated carbocycles. The summed E-state index contributed by atoms with van der Waals surface area (Å²) in [6.07, 6.45) is 0.803. The second-order valence-electron chi connectivity index (χ2n) is 2.15. The highest BCUT2D eigenvalue weighted by molar-refractivity contribution is 9.18. The molecule has 0 aliphatic rings. The van der Waals surface area contributed by atoms with Crippen LogP contribution in [0, 0.1) is 0 Å². The monoisotopic (exact) mass is 207 g/mol. The number of rotatable bonds is 4. The molecule has 58 valence electrons. The lowest BCUT2D eigenvalue weighted by Crippen LogP contribution is -2.26. The van der Waals surface area contributed by atoms with E-state index in [1.54, 1.807) is 0 Å². The van der Waals surface area contributed by atoms with Crippen molar-refractivity contribution in [1.29, 1.82) is 0 Å². The minimum atomic E-state index is -0.538. The van der Waals surface area contributed by atoms with Gasteiger partial charge >= 0.3 is 0 Å². The lowest BCUT2D eigenvalue weighted by atomic mass is 10.1. The molecule has 0 amide bonds.